The van der Waals surface area contributed by atoms with Crippen molar-refractivity contribution in [2.45, 2.75) is 26.4 Å². The number of rotatable bonds is 4. The maximum atomic E-state index is 11.8. The lowest BCUT2D eigenvalue weighted by molar-refractivity contribution is -0.132. The first-order valence-corrected chi connectivity index (χ1v) is 8.12. The third-order valence-corrected chi connectivity index (χ3v) is 4.48. The first kappa shape index (κ1) is 16.5. The maximum Gasteiger partial charge on any atom is 0.219 e. The molecule has 1 aliphatic heterocycles. The molecule has 128 valence electrons. The Bertz CT molecular complexity index is 696. The molecule has 1 aromatic heterocycles. The second-order valence-electron chi connectivity index (χ2n) is 6.15. The number of carbonyl (C=O) groups excluding carboxylic acids is 1. The lowest BCUT2D eigenvalue weighted by Gasteiger charge is -2.41. The van der Waals surface area contributed by atoms with Crippen LogP contribution in [0, 0.1) is 6.92 Å². The minimum atomic E-state index is 0.116. The van der Waals surface area contributed by atoms with Gasteiger partial charge in [-0.15, -0.1) is 0 Å². The van der Waals surface area contributed by atoms with Crippen LogP contribution in [0.1, 0.15) is 30.0 Å². The summed E-state index contributed by atoms with van der Waals surface area (Å²) in [7, 11) is 1.66. The molecule has 0 bridgehead atoms. The average molecular weight is 329 g/mol. The summed E-state index contributed by atoms with van der Waals surface area (Å²) in [5.74, 6) is 1.76. The van der Waals surface area contributed by atoms with Gasteiger partial charge < -0.3 is 14.2 Å². The van der Waals surface area contributed by atoms with E-state index in [0.29, 0.717) is 13.1 Å². The Morgan fingerprint density at radius 1 is 1.33 bits per heavy atom. The third-order valence-electron chi connectivity index (χ3n) is 4.48. The lowest BCUT2D eigenvalue weighted by Crippen LogP contribution is -2.49. The molecule has 6 heteroatoms. The van der Waals surface area contributed by atoms with Crippen LogP contribution >= 0.6 is 0 Å². The topological polar surface area (TPSA) is 58.8 Å². The Balaban J connectivity index is 1.83. The number of aryl methyl sites for hydroxylation is 1. The zero-order valence-electron chi connectivity index (χ0n) is 14.4. The van der Waals surface area contributed by atoms with E-state index in [9.17, 15) is 4.79 Å². The quantitative estimate of drug-likeness (QED) is 0.862. The number of amides is 1. The summed E-state index contributed by atoms with van der Waals surface area (Å²) < 4.78 is 10.4. The second kappa shape index (κ2) is 7.05. The Kier molecular flexibility index (Phi) is 4.85. The zero-order valence-corrected chi connectivity index (χ0v) is 14.4. The SMILES string of the molecule is COc1ccc(C2CN(C(C)=O)CCN2Cc2cc(C)on2)cc1. The van der Waals surface area contributed by atoms with Crippen molar-refractivity contribution in [1.29, 1.82) is 0 Å². The largest absolute Gasteiger partial charge is 0.497 e. The number of hydrogen-bond acceptors (Lipinski definition) is 5. The van der Waals surface area contributed by atoms with Gasteiger partial charge in [-0.25, -0.2) is 0 Å². The highest BCUT2D eigenvalue weighted by atomic mass is 16.5. The summed E-state index contributed by atoms with van der Waals surface area (Å²) in [4.78, 5) is 16.1. The molecule has 0 saturated carbocycles. The molecule has 1 amide bonds. The van der Waals surface area contributed by atoms with Gasteiger partial charge in [0.05, 0.1) is 18.8 Å². The Labute approximate surface area is 142 Å². The van der Waals surface area contributed by atoms with Crippen molar-refractivity contribution in [3.05, 3.63) is 47.3 Å². The highest BCUT2D eigenvalue weighted by Crippen LogP contribution is 2.28. The first-order chi connectivity index (χ1) is 11.6. The van der Waals surface area contributed by atoms with Gasteiger partial charge >= 0.3 is 0 Å². The molecule has 1 fully saturated rings. The van der Waals surface area contributed by atoms with Crippen LogP contribution in [0.4, 0.5) is 0 Å². The number of carbonyl (C=O) groups is 1. The summed E-state index contributed by atoms with van der Waals surface area (Å²) in [6, 6.07) is 10.1. The van der Waals surface area contributed by atoms with Crippen molar-refractivity contribution in [3.63, 3.8) is 0 Å². The lowest BCUT2D eigenvalue weighted by atomic mass is 10.0. The highest BCUT2D eigenvalue weighted by Gasteiger charge is 2.30. The molecule has 6 nitrogen and oxygen atoms in total. The third kappa shape index (κ3) is 3.59. The van der Waals surface area contributed by atoms with Crippen molar-refractivity contribution >= 4 is 5.91 Å². The van der Waals surface area contributed by atoms with Gasteiger partial charge in [-0.05, 0) is 24.6 Å². The summed E-state index contributed by atoms with van der Waals surface area (Å²) in [5, 5.41) is 4.10. The van der Waals surface area contributed by atoms with Gasteiger partial charge in [0.15, 0.2) is 0 Å². The standard InChI is InChI=1S/C18H23N3O3/c1-13-10-16(19-24-13)11-21-9-8-20(14(2)22)12-18(21)15-4-6-17(23-3)7-5-15/h4-7,10,18H,8-9,11-12H2,1-3H3. The minimum absolute atomic E-state index is 0.116. The molecule has 0 N–H and O–H groups in total. The minimum Gasteiger partial charge on any atom is -0.497 e. The monoisotopic (exact) mass is 329 g/mol. The molecule has 0 radical (unpaired) electrons. The van der Waals surface area contributed by atoms with Crippen LogP contribution in [0.25, 0.3) is 0 Å². The molecular weight excluding hydrogens is 306 g/mol. The number of nitrogens with zero attached hydrogens (tertiary/aromatic N) is 3. The fraction of sp³-hybridized carbons (Fsp3) is 0.444. The van der Waals surface area contributed by atoms with Crippen LogP contribution in [-0.4, -0.2) is 47.6 Å². The predicted molar refractivity (Wildman–Crippen MR) is 89.6 cm³/mol. The smallest absolute Gasteiger partial charge is 0.219 e. The molecule has 3 rings (SSSR count). The van der Waals surface area contributed by atoms with Crippen LogP contribution in [0.15, 0.2) is 34.9 Å². The van der Waals surface area contributed by atoms with Crippen molar-refractivity contribution in [2.24, 2.45) is 0 Å². The molecule has 1 unspecified atom stereocenters. The van der Waals surface area contributed by atoms with Gasteiger partial charge in [-0.1, -0.05) is 17.3 Å². The molecule has 0 spiro atoms. The maximum absolute atomic E-state index is 11.8. The molecule has 1 saturated heterocycles. The number of hydrogen-bond donors (Lipinski definition) is 0. The van der Waals surface area contributed by atoms with Gasteiger partial charge in [0.1, 0.15) is 11.5 Å². The van der Waals surface area contributed by atoms with Crippen LogP contribution in [-0.2, 0) is 11.3 Å². The molecule has 0 aliphatic carbocycles. The molecular formula is C18H23N3O3. The first-order valence-electron chi connectivity index (χ1n) is 8.12. The van der Waals surface area contributed by atoms with E-state index in [1.165, 1.54) is 5.56 Å². The molecule has 1 atom stereocenters. The Morgan fingerprint density at radius 3 is 2.67 bits per heavy atom. The van der Waals surface area contributed by atoms with E-state index in [0.717, 1.165) is 30.3 Å². The second-order valence-corrected chi connectivity index (χ2v) is 6.15. The van der Waals surface area contributed by atoms with Crippen molar-refractivity contribution in [2.75, 3.05) is 26.7 Å². The molecule has 24 heavy (non-hydrogen) atoms. The van der Waals surface area contributed by atoms with Gasteiger partial charge in [0.25, 0.3) is 0 Å². The normalized spacial score (nSPS) is 18.6. The van der Waals surface area contributed by atoms with Crippen molar-refractivity contribution < 1.29 is 14.1 Å². The number of aromatic nitrogens is 1. The number of methoxy groups -OCH3 is 1. The zero-order chi connectivity index (χ0) is 17.1. The highest BCUT2D eigenvalue weighted by molar-refractivity contribution is 5.73. The van der Waals surface area contributed by atoms with E-state index in [-0.39, 0.29) is 11.9 Å². The van der Waals surface area contributed by atoms with E-state index in [2.05, 4.69) is 22.2 Å². The molecule has 1 aliphatic rings. The average Bonchev–Trinajstić information content (AvgIpc) is 3.00. The van der Waals surface area contributed by atoms with E-state index < -0.39 is 0 Å². The van der Waals surface area contributed by atoms with Crippen LogP contribution < -0.4 is 4.74 Å². The van der Waals surface area contributed by atoms with Crippen LogP contribution in [0.5, 0.6) is 5.75 Å². The molecule has 2 heterocycles. The van der Waals surface area contributed by atoms with E-state index in [1.807, 2.05) is 30.0 Å². The molecule has 2 aromatic rings. The summed E-state index contributed by atoms with van der Waals surface area (Å²) >= 11 is 0. The van der Waals surface area contributed by atoms with Crippen LogP contribution in [0.3, 0.4) is 0 Å². The fourth-order valence-corrected chi connectivity index (χ4v) is 3.14. The van der Waals surface area contributed by atoms with Gasteiger partial charge in [0.2, 0.25) is 5.91 Å². The fourth-order valence-electron chi connectivity index (χ4n) is 3.14. The van der Waals surface area contributed by atoms with Crippen LogP contribution in [0.2, 0.25) is 0 Å². The number of piperazine rings is 1. The van der Waals surface area contributed by atoms with Crippen molar-refractivity contribution in [3.8, 4) is 5.75 Å². The van der Waals surface area contributed by atoms with E-state index in [1.54, 1.807) is 14.0 Å². The van der Waals surface area contributed by atoms with E-state index >= 15 is 0 Å². The predicted octanol–water partition coefficient (Wildman–Crippen LogP) is 2.40. The number of ether oxygens (including phenoxy) is 1. The summed E-state index contributed by atoms with van der Waals surface area (Å²) in [6.45, 7) is 6.45. The number of benzene rings is 1. The Morgan fingerprint density at radius 2 is 2.08 bits per heavy atom. The van der Waals surface area contributed by atoms with Gasteiger partial charge in [0, 0.05) is 39.2 Å². The van der Waals surface area contributed by atoms with E-state index in [4.69, 9.17) is 9.26 Å². The Hall–Kier alpha value is -2.34. The van der Waals surface area contributed by atoms with Gasteiger partial charge in [-0.2, -0.15) is 0 Å². The summed E-state index contributed by atoms with van der Waals surface area (Å²) in [6.07, 6.45) is 0. The van der Waals surface area contributed by atoms with Gasteiger partial charge in [-0.3, -0.25) is 9.69 Å². The summed E-state index contributed by atoms with van der Waals surface area (Å²) in [5.41, 5.74) is 2.09. The van der Waals surface area contributed by atoms with Crippen molar-refractivity contribution in [1.82, 2.24) is 15.0 Å². The molecule has 1 aromatic carbocycles.